The number of nitrogen functional groups attached to an aromatic ring is 1. The van der Waals surface area contributed by atoms with Crippen molar-refractivity contribution in [3.8, 4) is 0 Å². The van der Waals surface area contributed by atoms with Crippen LogP contribution in [-0.2, 0) is 4.74 Å². The van der Waals surface area contributed by atoms with E-state index in [4.69, 9.17) is 10.8 Å². The molecule has 0 spiro atoms. The molecule has 1 fully saturated rings. The third kappa shape index (κ3) is 2.76. The molecule has 7 nitrogen and oxygen atoms in total. The largest absolute Gasteiger partial charge is 0.465 e. The fourth-order valence-electron chi connectivity index (χ4n) is 2.09. The number of carboxylic acid groups (broad SMARTS) is 1. The monoisotopic (exact) mass is 279 g/mol. The minimum atomic E-state index is -0.917. The predicted molar refractivity (Wildman–Crippen MR) is 73.8 cm³/mol. The smallest absolute Gasteiger partial charge is 0.407 e. The first-order valence-electron chi connectivity index (χ1n) is 6.24. The third-order valence-electron chi connectivity index (χ3n) is 3.39. The highest BCUT2D eigenvalue weighted by molar-refractivity contribution is 5.91. The highest BCUT2D eigenvalue weighted by Gasteiger charge is 2.31. The summed E-state index contributed by atoms with van der Waals surface area (Å²) in [5.74, 6) is -0.441. The molecule has 1 aromatic carbocycles. The number of carbonyl (C=O) groups excluding carboxylic acids is 1. The topological polar surface area (TPSA) is 105 Å². The van der Waals surface area contributed by atoms with Crippen molar-refractivity contribution in [1.29, 1.82) is 0 Å². The molecule has 0 saturated carbocycles. The number of benzene rings is 1. The lowest BCUT2D eigenvalue weighted by atomic mass is 10.0. The van der Waals surface area contributed by atoms with Crippen molar-refractivity contribution in [2.45, 2.75) is 12.5 Å². The number of nitrogens with zero attached hydrogens (tertiary/aromatic N) is 1. The number of nitrogens with one attached hydrogen (secondary N) is 1. The first-order valence-corrected chi connectivity index (χ1v) is 6.24. The number of anilines is 2. The van der Waals surface area contributed by atoms with E-state index in [9.17, 15) is 9.59 Å². The fourth-order valence-corrected chi connectivity index (χ4v) is 2.09. The molecular formula is C13H17N3O4. The van der Waals surface area contributed by atoms with Crippen LogP contribution in [0.1, 0.15) is 16.8 Å². The van der Waals surface area contributed by atoms with Gasteiger partial charge in [0.25, 0.3) is 0 Å². The number of hydrogen-bond donors (Lipinski definition) is 3. The molecule has 7 heteroatoms. The van der Waals surface area contributed by atoms with E-state index >= 15 is 0 Å². The van der Waals surface area contributed by atoms with Crippen LogP contribution >= 0.6 is 0 Å². The Morgan fingerprint density at radius 3 is 2.85 bits per heavy atom. The zero-order chi connectivity index (χ0) is 14.7. The van der Waals surface area contributed by atoms with Gasteiger partial charge in [-0.2, -0.15) is 0 Å². The molecular weight excluding hydrogens is 262 g/mol. The van der Waals surface area contributed by atoms with E-state index in [1.807, 2.05) is 0 Å². The number of nitrogens with two attached hydrogens (primary N) is 1. The van der Waals surface area contributed by atoms with Gasteiger partial charge in [-0.3, -0.25) is 0 Å². The van der Waals surface area contributed by atoms with Crippen LogP contribution in [0.3, 0.4) is 0 Å². The van der Waals surface area contributed by atoms with Gasteiger partial charge in [0.1, 0.15) is 0 Å². The molecule has 1 aliphatic rings. The average molecular weight is 279 g/mol. The van der Waals surface area contributed by atoms with E-state index < -0.39 is 12.1 Å². The van der Waals surface area contributed by atoms with Gasteiger partial charge in [-0.1, -0.05) is 0 Å². The summed E-state index contributed by atoms with van der Waals surface area (Å²) in [5.41, 5.74) is 7.32. The van der Waals surface area contributed by atoms with Gasteiger partial charge in [-0.25, -0.2) is 9.59 Å². The number of rotatable bonds is 4. The highest BCUT2D eigenvalue weighted by atomic mass is 16.5. The number of amides is 1. The molecule has 1 heterocycles. The first kappa shape index (κ1) is 14.0. The van der Waals surface area contributed by atoms with Crippen LogP contribution in [0.5, 0.6) is 0 Å². The van der Waals surface area contributed by atoms with Gasteiger partial charge in [0, 0.05) is 13.1 Å². The second kappa shape index (κ2) is 5.68. The van der Waals surface area contributed by atoms with E-state index in [0.717, 1.165) is 6.42 Å². The zero-order valence-corrected chi connectivity index (χ0v) is 11.1. The Labute approximate surface area is 116 Å². The summed E-state index contributed by atoms with van der Waals surface area (Å²) in [6, 6.07) is 4.74. The van der Waals surface area contributed by atoms with Gasteiger partial charge < -0.3 is 25.8 Å². The molecule has 1 aliphatic heterocycles. The Bertz CT molecular complexity index is 532. The summed E-state index contributed by atoms with van der Waals surface area (Å²) < 4.78 is 4.64. The molecule has 0 unspecified atom stereocenters. The van der Waals surface area contributed by atoms with Gasteiger partial charge in [0.2, 0.25) is 0 Å². The van der Waals surface area contributed by atoms with Crippen LogP contribution in [0.15, 0.2) is 18.2 Å². The normalized spacial score (nSPS) is 17.2. The van der Waals surface area contributed by atoms with E-state index in [-0.39, 0.29) is 6.04 Å². The molecule has 1 atom stereocenters. The lowest BCUT2D eigenvalue weighted by Gasteiger charge is -2.39. The minimum absolute atomic E-state index is 0.0614. The maximum atomic E-state index is 11.4. The standard InChI is InChI=1S/C13H17N3O4/c1-20-12(17)8-2-3-10(14)11(6-8)15-7-9-4-5-16(9)13(18)19/h2-3,6,9,15H,4-5,7,14H2,1H3,(H,18,19)/t9-/m1/s1. The number of hydrogen-bond acceptors (Lipinski definition) is 5. The van der Waals surface area contributed by atoms with E-state index in [0.29, 0.717) is 30.0 Å². The molecule has 108 valence electrons. The average Bonchev–Trinajstić information content (AvgIpc) is 2.38. The number of esters is 1. The lowest BCUT2D eigenvalue weighted by molar-refractivity contribution is 0.0600. The van der Waals surface area contributed by atoms with Crippen molar-refractivity contribution in [3.05, 3.63) is 23.8 Å². The maximum absolute atomic E-state index is 11.4. The highest BCUT2D eigenvalue weighted by Crippen LogP contribution is 2.23. The summed E-state index contributed by atoms with van der Waals surface area (Å²) in [7, 11) is 1.31. The lowest BCUT2D eigenvalue weighted by Crippen LogP contribution is -2.53. The summed E-state index contributed by atoms with van der Waals surface area (Å²) in [4.78, 5) is 23.7. The minimum Gasteiger partial charge on any atom is -0.465 e. The molecule has 1 aromatic rings. The van der Waals surface area contributed by atoms with Gasteiger partial charge in [0.15, 0.2) is 0 Å². The molecule has 0 aliphatic carbocycles. The van der Waals surface area contributed by atoms with Crippen LogP contribution in [0.4, 0.5) is 16.2 Å². The summed E-state index contributed by atoms with van der Waals surface area (Å²) in [6.45, 7) is 1.01. The fraction of sp³-hybridized carbons (Fsp3) is 0.385. The molecule has 0 radical (unpaired) electrons. The second-order valence-electron chi connectivity index (χ2n) is 4.59. The molecule has 20 heavy (non-hydrogen) atoms. The number of likely N-dealkylation sites (tertiary alicyclic amines) is 1. The summed E-state index contributed by atoms with van der Waals surface area (Å²) in [6.07, 6.45) is -0.102. The van der Waals surface area contributed by atoms with E-state index in [2.05, 4.69) is 10.1 Å². The second-order valence-corrected chi connectivity index (χ2v) is 4.59. The Hall–Kier alpha value is -2.44. The van der Waals surface area contributed by atoms with Crippen molar-refractivity contribution in [3.63, 3.8) is 0 Å². The summed E-state index contributed by atoms with van der Waals surface area (Å²) in [5, 5.41) is 12.0. The Kier molecular flexibility index (Phi) is 3.97. The van der Waals surface area contributed by atoms with Crippen molar-refractivity contribution in [2.75, 3.05) is 31.2 Å². The number of carbonyl (C=O) groups is 2. The maximum Gasteiger partial charge on any atom is 0.407 e. The van der Waals surface area contributed by atoms with Gasteiger partial charge in [0.05, 0.1) is 30.1 Å². The Morgan fingerprint density at radius 1 is 1.55 bits per heavy atom. The molecule has 0 bridgehead atoms. The van der Waals surface area contributed by atoms with Crippen molar-refractivity contribution in [2.24, 2.45) is 0 Å². The van der Waals surface area contributed by atoms with E-state index in [1.165, 1.54) is 12.0 Å². The van der Waals surface area contributed by atoms with Crippen LogP contribution < -0.4 is 11.1 Å². The first-order chi connectivity index (χ1) is 9.52. The number of methoxy groups -OCH3 is 1. The van der Waals surface area contributed by atoms with Crippen molar-refractivity contribution < 1.29 is 19.4 Å². The van der Waals surface area contributed by atoms with Gasteiger partial charge in [-0.05, 0) is 24.6 Å². The predicted octanol–water partition coefficient (Wildman–Crippen LogP) is 1.22. The van der Waals surface area contributed by atoms with Gasteiger partial charge in [-0.15, -0.1) is 0 Å². The molecule has 4 N–H and O–H groups in total. The number of ether oxygens (including phenoxy) is 1. The van der Waals surface area contributed by atoms with Crippen LogP contribution in [0.2, 0.25) is 0 Å². The molecule has 1 saturated heterocycles. The van der Waals surface area contributed by atoms with Crippen LogP contribution in [0.25, 0.3) is 0 Å². The quantitative estimate of drug-likeness (QED) is 0.565. The zero-order valence-electron chi connectivity index (χ0n) is 11.1. The third-order valence-corrected chi connectivity index (χ3v) is 3.39. The molecule has 0 aromatic heterocycles. The Balaban J connectivity index is 2.02. The van der Waals surface area contributed by atoms with Crippen LogP contribution in [-0.4, -0.2) is 48.3 Å². The van der Waals surface area contributed by atoms with Crippen molar-refractivity contribution in [1.82, 2.24) is 4.90 Å². The van der Waals surface area contributed by atoms with Crippen LogP contribution in [0, 0.1) is 0 Å². The molecule has 2 rings (SSSR count). The van der Waals surface area contributed by atoms with E-state index in [1.54, 1.807) is 18.2 Å². The van der Waals surface area contributed by atoms with Gasteiger partial charge >= 0.3 is 12.1 Å². The molecule has 1 amide bonds. The Morgan fingerprint density at radius 2 is 2.30 bits per heavy atom. The van der Waals surface area contributed by atoms with Crippen molar-refractivity contribution >= 4 is 23.4 Å². The summed E-state index contributed by atoms with van der Waals surface area (Å²) >= 11 is 0. The SMILES string of the molecule is COC(=O)c1ccc(N)c(NC[C@H]2CCN2C(=O)O)c1.